The fraction of sp³-hybridized carbons (Fsp3) is 0.346. The van der Waals surface area contributed by atoms with E-state index in [1.54, 1.807) is 12.1 Å². The van der Waals surface area contributed by atoms with Crippen molar-refractivity contribution in [1.29, 1.82) is 0 Å². The Labute approximate surface area is 191 Å². The molecular formula is C26H27NO6. The summed E-state index contributed by atoms with van der Waals surface area (Å²) in [6.45, 7) is 2.01. The van der Waals surface area contributed by atoms with E-state index in [1.807, 2.05) is 43.3 Å². The number of hydrogen-bond donors (Lipinski definition) is 1. The van der Waals surface area contributed by atoms with Gasteiger partial charge in [-0.15, -0.1) is 0 Å². The van der Waals surface area contributed by atoms with Crippen LogP contribution >= 0.6 is 0 Å². The Morgan fingerprint density at radius 2 is 1.82 bits per heavy atom. The molecule has 172 valence electrons. The van der Waals surface area contributed by atoms with Crippen molar-refractivity contribution < 1.29 is 23.5 Å². The van der Waals surface area contributed by atoms with Gasteiger partial charge in [0.05, 0.1) is 0 Å². The monoisotopic (exact) mass is 449 g/mol. The van der Waals surface area contributed by atoms with Gasteiger partial charge in [-0.1, -0.05) is 43.7 Å². The van der Waals surface area contributed by atoms with Crippen LogP contribution in [-0.2, 0) is 29.0 Å². The lowest BCUT2D eigenvalue weighted by Crippen LogP contribution is -2.43. The van der Waals surface area contributed by atoms with Crippen LogP contribution in [0.1, 0.15) is 49.3 Å². The molecule has 1 aliphatic carbocycles. The summed E-state index contributed by atoms with van der Waals surface area (Å²) >= 11 is 0. The number of amides is 1. The van der Waals surface area contributed by atoms with Crippen LogP contribution in [0.25, 0.3) is 11.0 Å². The van der Waals surface area contributed by atoms with E-state index in [0.29, 0.717) is 18.4 Å². The number of rotatable bonds is 7. The Hall–Kier alpha value is -3.61. The second-order valence-corrected chi connectivity index (χ2v) is 8.18. The summed E-state index contributed by atoms with van der Waals surface area (Å²) in [5.74, 6) is -0.347. The quantitative estimate of drug-likeness (QED) is 0.320. The van der Waals surface area contributed by atoms with Gasteiger partial charge in [-0.2, -0.15) is 0 Å². The van der Waals surface area contributed by atoms with Gasteiger partial charge in [0, 0.05) is 17.0 Å². The molecule has 0 bridgehead atoms. The fourth-order valence-corrected chi connectivity index (χ4v) is 4.12. The molecule has 0 aliphatic heterocycles. The molecule has 2 aromatic carbocycles. The maximum Gasteiger partial charge on any atom is 0.408 e. The van der Waals surface area contributed by atoms with Crippen LogP contribution in [0.4, 0.5) is 4.79 Å². The Kier molecular flexibility index (Phi) is 7.07. The number of hydrogen-bond acceptors (Lipinski definition) is 6. The van der Waals surface area contributed by atoms with Gasteiger partial charge in [0.2, 0.25) is 0 Å². The maximum atomic E-state index is 12.8. The van der Waals surface area contributed by atoms with E-state index in [1.165, 1.54) is 0 Å². The van der Waals surface area contributed by atoms with Crippen molar-refractivity contribution in [2.45, 2.75) is 58.1 Å². The first-order valence-electron chi connectivity index (χ1n) is 11.3. The number of fused-ring (bicyclic) bond motifs is 3. The van der Waals surface area contributed by atoms with E-state index < -0.39 is 18.1 Å². The highest BCUT2D eigenvalue weighted by atomic mass is 16.6. The Balaban J connectivity index is 1.44. The van der Waals surface area contributed by atoms with E-state index in [4.69, 9.17) is 13.9 Å². The van der Waals surface area contributed by atoms with Gasteiger partial charge >= 0.3 is 17.7 Å². The lowest BCUT2D eigenvalue weighted by molar-refractivity contribution is -0.136. The molecule has 0 saturated heterocycles. The zero-order valence-corrected chi connectivity index (χ0v) is 18.6. The van der Waals surface area contributed by atoms with Gasteiger partial charge < -0.3 is 19.2 Å². The van der Waals surface area contributed by atoms with Gasteiger partial charge in [-0.05, 0) is 55.4 Å². The molecule has 7 heteroatoms. The highest BCUT2D eigenvalue weighted by molar-refractivity contribution is 5.86. The molecule has 1 aromatic heterocycles. The molecule has 1 amide bonds. The predicted octanol–water partition coefficient (Wildman–Crippen LogP) is 4.67. The number of ether oxygens (including phenoxy) is 2. The molecule has 1 aliphatic rings. The number of alkyl carbamates (subject to hydrolysis) is 1. The minimum atomic E-state index is -0.857. The summed E-state index contributed by atoms with van der Waals surface area (Å²) in [6.07, 6.45) is 3.96. The molecule has 1 atom stereocenters. The summed E-state index contributed by atoms with van der Waals surface area (Å²) in [7, 11) is 0. The van der Waals surface area contributed by atoms with Gasteiger partial charge in [0.1, 0.15) is 24.0 Å². The summed E-state index contributed by atoms with van der Waals surface area (Å²) in [5.41, 5.74) is 2.69. The Morgan fingerprint density at radius 1 is 1.06 bits per heavy atom. The molecule has 0 radical (unpaired) electrons. The largest absolute Gasteiger partial charge is 0.445 e. The second-order valence-electron chi connectivity index (χ2n) is 8.18. The van der Waals surface area contributed by atoms with Crippen LogP contribution in [0.15, 0.2) is 57.7 Å². The normalized spacial score (nSPS) is 13.7. The third-order valence-corrected chi connectivity index (χ3v) is 5.78. The first kappa shape index (κ1) is 22.6. The number of carbonyl (C=O) groups is 2. The van der Waals surface area contributed by atoms with E-state index in [2.05, 4.69) is 5.32 Å². The van der Waals surface area contributed by atoms with E-state index >= 15 is 0 Å². The first-order chi connectivity index (χ1) is 16.0. The Bertz CT molecular complexity index is 1200. The molecule has 0 fully saturated rings. The molecule has 1 heterocycles. The molecular weight excluding hydrogens is 422 g/mol. The lowest BCUT2D eigenvalue weighted by atomic mass is 9.91. The SMILES string of the molecule is CCC[C@H](NC(=O)OCc1ccccc1)C(=O)Oc1ccc2c3c(c(=O)oc2c1)CCCC3. The zero-order chi connectivity index (χ0) is 23.2. The smallest absolute Gasteiger partial charge is 0.408 e. The van der Waals surface area contributed by atoms with Crippen molar-refractivity contribution >= 4 is 23.0 Å². The average Bonchev–Trinajstić information content (AvgIpc) is 2.83. The first-order valence-corrected chi connectivity index (χ1v) is 11.3. The molecule has 4 rings (SSSR count). The third kappa shape index (κ3) is 5.42. The third-order valence-electron chi connectivity index (χ3n) is 5.78. The van der Waals surface area contributed by atoms with Crippen LogP contribution in [-0.4, -0.2) is 18.1 Å². The predicted molar refractivity (Wildman–Crippen MR) is 123 cm³/mol. The van der Waals surface area contributed by atoms with Crippen LogP contribution in [0.5, 0.6) is 5.75 Å². The van der Waals surface area contributed by atoms with Crippen molar-refractivity contribution in [2.75, 3.05) is 0 Å². The summed E-state index contributed by atoms with van der Waals surface area (Å²) in [5, 5.41) is 3.46. The van der Waals surface area contributed by atoms with Gasteiger partial charge in [-0.3, -0.25) is 0 Å². The van der Waals surface area contributed by atoms with Crippen molar-refractivity contribution in [1.82, 2.24) is 5.32 Å². The molecule has 0 saturated carbocycles. The summed E-state index contributed by atoms with van der Waals surface area (Å²) in [4.78, 5) is 37.3. The topological polar surface area (TPSA) is 94.8 Å². The standard InChI is InChI=1S/C26H27NO6/c1-2-8-22(27-26(30)31-16-17-9-4-3-5-10-17)25(29)32-18-13-14-20-19-11-6-7-12-21(19)24(28)33-23(20)15-18/h3-5,9-10,13-15,22H,2,6-8,11-12,16H2,1H3,(H,27,30)/t22-/m0/s1. The molecule has 0 spiro atoms. The van der Waals surface area contributed by atoms with Gasteiger partial charge in [0.15, 0.2) is 0 Å². The van der Waals surface area contributed by atoms with Crippen LogP contribution < -0.4 is 15.7 Å². The van der Waals surface area contributed by atoms with Crippen molar-refractivity contribution in [3.63, 3.8) is 0 Å². The maximum absolute atomic E-state index is 12.8. The number of carbonyl (C=O) groups excluding carboxylic acids is 2. The van der Waals surface area contributed by atoms with Crippen LogP contribution in [0, 0.1) is 0 Å². The minimum absolute atomic E-state index is 0.106. The second kappa shape index (κ2) is 10.3. The highest BCUT2D eigenvalue weighted by Gasteiger charge is 2.24. The molecule has 1 N–H and O–H groups in total. The highest BCUT2D eigenvalue weighted by Crippen LogP contribution is 2.29. The summed E-state index contributed by atoms with van der Waals surface area (Å²) in [6, 6.07) is 13.5. The van der Waals surface area contributed by atoms with E-state index in [-0.39, 0.29) is 18.0 Å². The number of nitrogens with one attached hydrogen (secondary N) is 1. The molecule has 33 heavy (non-hydrogen) atoms. The van der Waals surface area contributed by atoms with Crippen molar-refractivity contribution in [3.8, 4) is 5.75 Å². The van der Waals surface area contributed by atoms with Crippen LogP contribution in [0.2, 0.25) is 0 Å². The lowest BCUT2D eigenvalue weighted by Gasteiger charge is -2.18. The van der Waals surface area contributed by atoms with Gasteiger partial charge in [-0.25, -0.2) is 14.4 Å². The molecule has 3 aromatic rings. The van der Waals surface area contributed by atoms with Crippen molar-refractivity contribution in [3.05, 3.63) is 75.6 Å². The minimum Gasteiger partial charge on any atom is -0.445 e. The van der Waals surface area contributed by atoms with Crippen molar-refractivity contribution in [2.24, 2.45) is 0 Å². The summed E-state index contributed by atoms with van der Waals surface area (Å²) < 4.78 is 16.2. The number of aryl methyl sites for hydroxylation is 1. The molecule has 7 nitrogen and oxygen atoms in total. The van der Waals surface area contributed by atoms with E-state index in [0.717, 1.165) is 47.8 Å². The van der Waals surface area contributed by atoms with Gasteiger partial charge in [0.25, 0.3) is 0 Å². The number of benzene rings is 2. The Morgan fingerprint density at radius 3 is 2.58 bits per heavy atom. The average molecular weight is 450 g/mol. The fourth-order valence-electron chi connectivity index (χ4n) is 4.12. The number of esters is 1. The van der Waals surface area contributed by atoms with E-state index in [9.17, 15) is 14.4 Å². The van der Waals surface area contributed by atoms with Crippen LogP contribution in [0.3, 0.4) is 0 Å². The zero-order valence-electron chi connectivity index (χ0n) is 18.6. The molecule has 0 unspecified atom stereocenters.